The molecule has 0 radical (unpaired) electrons. The minimum atomic E-state index is 0.119. The Bertz CT molecular complexity index is 382. The highest BCUT2D eigenvalue weighted by Gasteiger charge is 2.16. The fourth-order valence-electron chi connectivity index (χ4n) is 2.38. The molecule has 0 bridgehead atoms. The number of rotatable bonds is 6. The molecule has 18 heavy (non-hydrogen) atoms. The summed E-state index contributed by atoms with van der Waals surface area (Å²) in [5.41, 5.74) is 1.20. The summed E-state index contributed by atoms with van der Waals surface area (Å²) in [5, 5.41) is 10.3. The lowest BCUT2D eigenvalue weighted by molar-refractivity contribution is -0.120. The predicted octanol–water partition coefficient (Wildman–Crippen LogP) is 0.611. The fourth-order valence-corrected chi connectivity index (χ4v) is 2.38. The van der Waals surface area contributed by atoms with Crippen LogP contribution in [-0.2, 0) is 18.3 Å². The molecule has 0 saturated heterocycles. The molecular formula is C13H22N4O. The summed E-state index contributed by atoms with van der Waals surface area (Å²) in [4.78, 5) is 11.6. The maximum absolute atomic E-state index is 11.6. The van der Waals surface area contributed by atoms with E-state index in [-0.39, 0.29) is 5.91 Å². The Morgan fingerprint density at radius 2 is 2.28 bits per heavy atom. The molecule has 0 aromatic carbocycles. The lowest BCUT2D eigenvalue weighted by Gasteiger charge is -2.12. The molecule has 2 N–H and O–H groups in total. The number of nitrogens with zero attached hydrogens (tertiary/aromatic N) is 2. The normalized spacial score (nSPS) is 16.1. The van der Waals surface area contributed by atoms with E-state index in [0.29, 0.717) is 12.6 Å². The zero-order valence-corrected chi connectivity index (χ0v) is 11.0. The van der Waals surface area contributed by atoms with Gasteiger partial charge in [-0.2, -0.15) is 5.10 Å². The molecule has 0 unspecified atom stereocenters. The lowest BCUT2D eigenvalue weighted by Crippen LogP contribution is -2.39. The Balaban J connectivity index is 1.56. The molecule has 1 aliphatic carbocycles. The van der Waals surface area contributed by atoms with Crippen molar-refractivity contribution in [2.75, 3.05) is 13.1 Å². The summed E-state index contributed by atoms with van der Waals surface area (Å²) < 4.78 is 1.79. The second-order valence-corrected chi connectivity index (χ2v) is 5.00. The zero-order valence-electron chi connectivity index (χ0n) is 11.0. The van der Waals surface area contributed by atoms with E-state index < -0.39 is 0 Å². The number of amides is 1. The Morgan fingerprint density at radius 1 is 1.50 bits per heavy atom. The average molecular weight is 250 g/mol. The largest absolute Gasteiger partial charge is 0.352 e. The Morgan fingerprint density at radius 3 is 2.94 bits per heavy atom. The third-order valence-corrected chi connectivity index (χ3v) is 3.35. The molecule has 5 heteroatoms. The van der Waals surface area contributed by atoms with Gasteiger partial charge in [0.05, 0.1) is 12.7 Å². The van der Waals surface area contributed by atoms with Crippen molar-refractivity contribution in [3.05, 3.63) is 18.0 Å². The van der Waals surface area contributed by atoms with Crippen LogP contribution in [0.25, 0.3) is 0 Å². The number of carbonyl (C=O) groups is 1. The van der Waals surface area contributed by atoms with Gasteiger partial charge in [-0.15, -0.1) is 0 Å². The van der Waals surface area contributed by atoms with Crippen LogP contribution in [-0.4, -0.2) is 34.8 Å². The van der Waals surface area contributed by atoms with E-state index >= 15 is 0 Å². The third-order valence-electron chi connectivity index (χ3n) is 3.35. The summed E-state index contributed by atoms with van der Waals surface area (Å²) in [5.74, 6) is 0.119. The van der Waals surface area contributed by atoms with Crippen molar-refractivity contribution in [3.8, 4) is 0 Å². The highest BCUT2D eigenvalue weighted by atomic mass is 16.1. The first-order valence-corrected chi connectivity index (χ1v) is 6.71. The van der Waals surface area contributed by atoms with Crippen LogP contribution in [0, 0.1) is 0 Å². The number of aryl methyl sites for hydroxylation is 1. The standard InChI is InChI=1S/C13H22N4O/c1-17-10-11(8-15-17)6-7-14-9-13(18)16-12-4-2-3-5-12/h8,10,12,14H,2-7,9H2,1H3,(H,16,18). The quantitative estimate of drug-likeness (QED) is 0.727. The molecule has 5 nitrogen and oxygen atoms in total. The van der Waals surface area contributed by atoms with Gasteiger partial charge >= 0.3 is 0 Å². The second kappa shape index (κ2) is 6.54. The number of hydrogen-bond donors (Lipinski definition) is 2. The Labute approximate surface area is 108 Å². The summed E-state index contributed by atoms with van der Waals surface area (Å²) in [6.07, 6.45) is 9.55. The van der Waals surface area contributed by atoms with E-state index in [2.05, 4.69) is 15.7 Å². The number of carbonyl (C=O) groups excluding carboxylic acids is 1. The van der Waals surface area contributed by atoms with Crippen LogP contribution in [0.2, 0.25) is 0 Å². The predicted molar refractivity (Wildman–Crippen MR) is 70.2 cm³/mol. The highest BCUT2D eigenvalue weighted by molar-refractivity contribution is 5.78. The molecule has 0 aliphatic heterocycles. The average Bonchev–Trinajstić information content (AvgIpc) is 2.96. The van der Waals surface area contributed by atoms with Gasteiger partial charge in [-0.05, 0) is 31.4 Å². The van der Waals surface area contributed by atoms with Gasteiger partial charge in [0.15, 0.2) is 0 Å². The van der Waals surface area contributed by atoms with E-state index in [1.54, 1.807) is 4.68 Å². The van der Waals surface area contributed by atoms with Crippen molar-refractivity contribution in [3.63, 3.8) is 0 Å². The first kappa shape index (κ1) is 13.1. The van der Waals surface area contributed by atoms with E-state index in [1.807, 2.05) is 19.4 Å². The molecule has 1 aromatic rings. The lowest BCUT2D eigenvalue weighted by atomic mass is 10.2. The van der Waals surface area contributed by atoms with Crippen molar-refractivity contribution < 1.29 is 4.79 Å². The van der Waals surface area contributed by atoms with Gasteiger partial charge in [-0.3, -0.25) is 9.48 Å². The topological polar surface area (TPSA) is 59.0 Å². The van der Waals surface area contributed by atoms with Crippen LogP contribution in [0.3, 0.4) is 0 Å². The van der Waals surface area contributed by atoms with Crippen molar-refractivity contribution >= 4 is 5.91 Å². The third kappa shape index (κ3) is 4.14. The summed E-state index contributed by atoms with van der Waals surface area (Å²) >= 11 is 0. The van der Waals surface area contributed by atoms with Gasteiger partial charge in [-0.1, -0.05) is 12.8 Å². The summed E-state index contributed by atoms with van der Waals surface area (Å²) in [6.45, 7) is 1.22. The van der Waals surface area contributed by atoms with Gasteiger partial charge in [0.1, 0.15) is 0 Å². The maximum atomic E-state index is 11.6. The van der Waals surface area contributed by atoms with Crippen molar-refractivity contribution in [2.45, 2.75) is 38.1 Å². The Hall–Kier alpha value is -1.36. The molecule has 100 valence electrons. The van der Waals surface area contributed by atoms with Gasteiger partial charge < -0.3 is 10.6 Å². The summed E-state index contributed by atoms with van der Waals surface area (Å²) in [6, 6.07) is 0.414. The van der Waals surface area contributed by atoms with Crippen LogP contribution >= 0.6 is 0 Å². The molecule has 1 amide bonds. The van der Waals surface area contributed by atoms with Crippen LogP contribution < -0.4 is 10.6 Å². The minimum absolute atomic E-state index is 0.119. The highest BCUT2D eigenvalue weighted by Crippen LogP contribution is 2.17. The van der Waals surface area contributed by atoms with E-state index in [4.69, 9.17) is 0 Å². The van der Waals surface area contributed by atoms with E-state index in [1.165, 1.54) is 18.4 Å². The van der Waals surface area contributed by atoms with Crippen LogP contribution in [0.15, 0.2) is 12.4 Å². The van der Waals surface area contributed by atoms with Crippen LogP contribution in [0.5, 0.6) is 0 Å². The fraction of sp³-hybridized carbons (Fsp3) is 0.692. The molecule has 1 aromatic heterocycles. The SMILES string of the molecule is Cn1cc(CCNCC(=O)NC2CCCC2)cn1. The summed E-state index contributed by atoms with van der Waals surface area (Å²) in [7, 11) is 1.91. The van der Waals surface area contributed by atoms with Crippen LogP contribution in [0.4, 0.5) is 0 Å². The van der Waals surface area contributed by atoms with E-state index in [0.717, 1.165) is 25.8 Å². The molecule has 1 saturated carbocycles. The van der Waals surface area contributed by atoms with Crippen molar-refractivity contribution in [1.82, 2.24) is 20.4 Å². The molecular weight excluding hydrogens is 228 g/mol. The van der Waals surface area contributed by atoms with Gasteiger partial charge in [-0.25, -0.2) is 0 Å². The van der Waals surface area contributed by atoms with Crippen molar-refractivity contribution in [1.29, 1.82) is 0 Å². The molecule has 1 fully saturated rings. The monoisotopic (exact) mass is 250 g/mol. The maximum Gasteiger partial charge on any atom is 0.234 e. The van der Waals surface area contributed by atoms with Gasteiger partial charge in [0.25, 0.3) is 0 Å². The smallest absolute Gasteiger partial charge is 0.234 e. The molecule has 1 heterocycles. The number of hydrogen-bond acceptors (Lipinski definition) is 3. The number of aromatic nitrogens is 2. The van der Waals surface area contributed by atoms with Crippen LogP contribution in [0.1, 0.15) is 31.2 Å². The number of nitrogens with one attached hydrogen (secondary N) is 2. The molecule has 1 aliphatic rings. The first-order valence-electron chi connectivity index (χ1n) is 6.71. The molecule has 0 spiro atoms. The molecule has 2 rings (SSSR count). The Kier molecular flexibility index (Phi) is 4.75. The second-order valence-electron chi connectivity index (χ2n) is 5.00. The van der Waals surface area contributed by atoms with Gasteiger partial charge in [0.2, 0.25) is 5.91 Å². The van der Waals surface area contributed by atoms with Gasteiger partial charge in [0, 0.05) is 19.3 Å². The van der Waals surface area contributed by atoms with E-state index in [9.17, 15) is 4.79 Å². The molecule has 0 atom stereocenters. The minimum Gasteiger partial charge on any atom is -0.352 e. The first-order chi connectivity index (χ1) is 8.74. The zero-order chi connectivity index (χ0) is 12.8. The van der Waals surface area contributed by atoms with Crippen molar-refractivity contribution in [2.24, 2.45) is 7.05 Å².